The Morgan fingerprint density at radius 2 is 0.529 bits per heavy atom. The van der Waals surface area contributed by atoms with Crippen molar-refractivity contribution in [2.24, 2.45) is 0 Å². The summed E-state index contributed by atoms with van der Waals surface area (Å²) in [5, 5.41) is 0. The number of hydrogen-bond donors (Lipinski definition) is 0. The van der Waals surface area contributed by atoms with Crippen molar-refractivity contribution in [3.05, 3.63) is 181 Å². The zero-order valence-corrected chi connectivity index (χ0v) is 19.3. The Morgan fingerprint density at radius 1 is 0.294 bits per heavy atom. The lowest BCUT2D eigenvalue weighted by Gasteiger charge is -2.10. The van der Waals surface area contributed by atoms with Crippen LogP contribution in [0.15, 0.2) is 159 Å². The second-order valence-corrected chi connectivity index (χ2v) is 8.00. The van der Waals surface area contributed by atoms with Crippen LogP contribution in [-0.2, 0) is 0 Å². The summed E-state index contributed by atoms with van der Waals surface area (Å²) in [5.41, 5.74) is 9.07. The van der Waals surface area contributed by atoms with E-state index >= 15 is 0 Å². The van der Waals surface area contributed by atoms with Crippen LogP contribution in [0.4, 0.5) is 0 Å². The van der Waals surface area contributed by atoms with E-state index < -0.39 is 0 Å². The highest BCUT2D eigenvalue weighted by molar-refractivity contribution is 5.81. The lowest BCUT2D eigenvalue weighted by Crippen LogP contribution is -1.88. The Labute approximate surface area is 203 Å². The summed E-state index contributed by atoms with van der Waals surface area (Å²) < 4.78 is 0. The second-order valence-electron chi connectivity index (χ2n) is 8.00. The standard InChI is InChI=1S/C28H22.C6H6/c1-21(23-9-5-3-6-10-23)25-13-17-27(18-14-25)28-19-15-26(16-20-28)22(2)24-11-7-4-8-12-24;1-2-4-6-5-3-1/h3-20H,1-2H2;1-6H. The predicted molar refractivity (Wildman–Crippen MR) is 147 cm³/mol. The molecule has 0 fully saturated rings. The molecule has 0 aliphatic carbocycles. The molecule has 5 rings (SSSR count). The summed E-state index contributed by atoms with van der Waals surface area (Å²) >= 11 is 0. The topological polar surface area (TPSA) is 0 Å². The van der Waals surface area contributed by atoms with E-state index in [1.165, 1.54) is 11.1 Å². The summed E-state index contributed by atoms with van der Waals surface area (Å²) in [6.07, 6.45) is 0. The molecule has 0 heteroatoms. The molecule has 0 aliphatic rings. The third-order valence-corrected chi connectivity index (χ3v) is 5.71. The van der Waals surface area contributed by atoms with Gasteiger partial charge in [0.15, 0.2) is 0 Å². The molecule has 0 aromatic heterocycles. The van der Waals surface area contributed by atoms with Crippen LogP contribution in [0.2, 0.25) is 0 Å². The van der Waals surface area contributed by atoms with Crippen LogP contribution in [0.25, 0.3) is 22.3 Å². The summed E-state index contributed by atoms with van der Waals surface area (Å²) in [6, 6.07) is 49.8. The van der Waals surface area contributed by atoms with Crippen molar-refractivity contribution in [2.45, 2.75) is 0 Å². The SMILES string of the molecule is C=C(c1ccccc1)c1ccc(-c2ccc(C(=C)c3ccccc3)cc2)cc1.c1ccccc1. The smallest absolute Gasteiger partial charge is 0.0183 e. The van der Waals surface area contributed by atoms with E-state index in [0.29, 0.717) is 0 Å². The molecule has 0 spiro atoms. The average Bonchev–Trinajstić information content (AvgIpc) is 2.95. The van der Waals surface area contributed by atoms with Crippen LogP contribution in [0.5, 0.6) is 0 Å². The zero-order valence-electron chi connectivity index (χ0n) is 19.3. The van der Waals surface area contributed by atoms with Gasteiger partial charge in [0.1, 0.15) is 0 Å². The van der Waals surface area contributed by atoms with Crippen molar-refractivity contribution in [1.82, 2.24) is 0 Å². The van der Waals surface area contributed by atoms with Gasteiger partial charge in [-0.2, -0.15) is 0 Å². The van der Waals surface area contributed by atoms with Crippen LogP contribution in [0.3, 0.4) is 0 Å². The molecule has 0 N–H and O–H groups in total. The minimum atomic E-state index is 1.04. The van der Waals surface area contributed by atoms with E-state index in [-0.39, 0.29) is 0 Å². The van der Waals surface area contributed by atoms with Crippen molar-refractivity contribution in [2.75, 3.05) is 0 Å². The summed E-state index contributed by atoms with van der Waals surface area (Å²) in [7, 11) is 0. The van der Waals surface area contributed by atoms with Crippen molar-refractivity contribution >= 4 is 11.1 Å². The fourth-order valence-electron chi connectivity index (χ4n) is 3.72. The highest BCUT2D eigenvalue weighted by Crippen LogP contribution is 2.28. The molecule has 5 aromatic carbocycles. The molecule has 0 heterocycles. The molecule has 0 aliphatic heterocycles. The van der Waals surface area contributed by atoms with Crippen molar-refractivity contribution < 1.29 is 0 Å². The molecule has 0 nitrogen and oxygen atoms in total. The van der Waals surface area contributed by atoms with Gasteiger partial charge in [-0.3, -0.25) is 0 Å². The predicted octanol–water partition coefficient (Wildman–Crippen LogP) is 9.16. The molecule has 164 valence electrons. The van der Waals surface area contributed by atoms with Gasteiger partial charge in [-0.25, -0.2) is 0 Å². The zero-order chi connectivity index (χ0) is 23.6. The highest BCUT2D eigenvalue weighted by atomic mass is 14.1. The van der Waals surface area contributed by atoms with Crippen LogP contribution in [0.1, 0.15) is 22.3 Å². The molecular weight excluding hydrogens is 408 g/mol. The molecule has 0 unspecified atom stereocenters. The van der Waals surface area contributed by atoms with Crippen molar-refractivity contribution in [3.63, 3.8) is 0 Å². The van der Waals surface area contributed by atoms with Gasteiger partial charge in [0.05, 0.1) is 0 Å². The van der Waals surface area contributed by atoms with Gasteiger partial charge in [-0.05, 0) is 44.5 Å². The van der Waals surface area contributed by atoms with Crippen molar-refractivity contribution in [3.8, 4) is 11.1 Å². The summed E-state index contributed by atoms with van der Waals surface area (Å²) in [6.45, 7) is 8.50. The Balaban J connectivity index is 0.000000398. The summed E-state index contributed by atoms with van der Waals surface area (Å²) in [4.78, 5) is 0. The fourth-order valence-corrected chi connectivity index (χ4v) is 3.72. The molecule has 5 aromatic rings. The lowest BCUT2D eigenvalue weighted by atomic mass is 9.95. The van der Waals surface area contributed by atoms with Crippen molar-refractivity contribution in [1.29, 1.82) is 0 Å². The van der Waals surface area contributed by atoms with E-state index in [1.807, 2.05) is 72.8 Å². The van der Waals surface area contributed by atoms with Gasteiger partial charge >= 0.3 is 0 Å². The van der Waals surface area contributed by atoms with Gasteiger partial charge in [0.2, 0.25) is 0 Å². The Kier molecular flexibility index (Phi) is 7.66. The maximum Gasteiger partial charge on any atom is -0.0183 e. The fraction of sp³-hybridized carbons (Fsp3) is 0. The minimum absolute atomic E-state index is 1.04. The molecule has 0 radical (unpaired) electrons. The van der Waals surface area contributed by atoms with Gasteiger partial charge in [-0.15, -0.1) is 0 Å². The normalized spacial score (nSPS) is 10.0. The first-order valence-corrected chi connectivity index (χ1v) is 11.4. The number of benzene rings is 5. The molecule has 34 heavy (non-hydrogen) atoms. The van der Waals surface area contributed by atoms with Gasteiger partial charge in [0.25, 0.3) is 0 Å². The van der Waals surface area contributed by atoms with E-state index in [1.54, 1.807) is 0 Å². The molecule has 0 bridgehead atoms. The first-order valence-electron chi connectivity index (χ1n) is 11.4. The number of rotatable bonds is 5. The largest absolute Gasteiger partial charge is 0.0906 e. The van der Waals surface area contributed by atoms with Crippen LogP contribution in [0, 0.1) is 0 Å². The maximum absolute atomic E-state index is 4.25. The van der Waals surface area contributed by atoms with Gasteiger partial charge in [0, 0.05) is 0 Å². The minimum Gasteiger partial charge on any atom is -0.0906 e. The third-order valence-electron chi connectivity index (χ3n) is 5.71. The molecule has 0 atom stereocenters. The van der Waals surface area contributed by atoms with Crippen LogP contribution >= 0.6 is 0 Å². The molecule has 0 saturated carbocycles. The first kappa shape index (κ1) is 22.8. The van der Waals surface area contributed by atoms with E-state index in [0.717, 1.165) is 33.4 Å². The molecular formula is C34H28. The number of hydrogen-bond acceptors (Lipinski definition) is 0. The maximum atomic E-state index is 4.25. The highest BCUT2D eigenvalue weighted by Gasteiger charge is 2.05. The average molecular weight is 437 g/mol. The Bertz CT molecular complexity index is 1190. The van der Waals surface area contributed by atoms with Crippen LogP contribution in [-0.4, -0.2) is 0 Å². The quantitative estimate of drug-likeness (QED) is 0.258. The van der Waals surface area contributed by atoms with E-state index in [4.69, 9.17) is 0 Å². The Hall–Kier alpha value is -4.42. The van der Waals surface area contributed by atoms with E-state index in [2.05, 4.69) is 86.0 Å². The first-order chi connectivity index (χ1) is 16.7. The lowest BCUT2D eigenvalue weighted by molar-refractivity contribution is 1.53. The molecule has 0 amide bonds. The second kappa shape index (κ2) is 11.4. The van der Waals surface area contributed by atoms with Gasteiger partial charge in [-0.1, -0.05) is 159 Å². The molecule has 0 saturated heterocycles. The van der Waals surface area contributed by atoms with E-state index in [9.17, 15) is 0 Å². The van der Waals surface area contributed by atoms with Gasteiger partial charge < -0.3 is 0 Å². The summed E-state index contributed by atoms with van der Waals surface area (Å²) in [5.74, 6) is 0. The third kappa shape index (κ3) is 5.88. The Morgan fingerprint density at radius 3 is 0.824 bits per heavy atom. The van der Waals surface area contributed by atoms with Crippen LogP contribution < -0.4 is 0 Å². The monoisotopic (exact) mass is 436 g/mol.